The van der Waals surface area contributed by atoms with Crippen molar-refractivity contribution >= 4 is 11.6 Å². The lowest BCUT2D eigenvalue weighted by Crippen LogP contribution is -2.50. The van der Waals surface area contributed by atoms with Gasteiger partial charge in [0.2, 0.25) is 0 Å². The first-order valence-corrected chi connectivity index (χ1v) is 8.20. The van der Waals surface area contributed by atoms with Gasteiger partial charge in [-0.1, -0.05) is 30.3 Å². The number of carbonyl (C=O) groups is 1. The number of carbonyl (C=O) groups excluding carboxylic acids is 1. The fraction of sp³-hybridized carbons (Fsp3) is 0.316. The van der Waals surface area contributed by atoms with Crippen LogP contribution in [0.2, 0.25) is 0 Å². The summed E-state index contributed by atoms with van der Waals surface area (Å²) in [6.07, 6.45) is -1.15. The van der Waals surface area contributed by atoms with Crippen molar-refractivity contribution in [3.63, 3.8) is 0 Å². The minimum atomic E-state index is -1.15. The van der Waals surface area contributed by atoms with E-state index >= 15 is 0 Å². The van der Waals surface area contributed by atoms with Crippen LogP contribution < -0.4 is 9.64 Å². The highest BCUT2D eigenvalue weighted by atomic mass is 19.1. The molecule has 5 nitrogen and oxygen atoms in total. The van der Waals surface area contributed by atoms with Gasteiger partial charge in [0.05, 0.1) is 12.8 Å². The lowest BCUT2D eigenvalue weighted by molar-refractivity contribution is -0.140. The largest absolute Gasteiger partial charge is 0.494 e. The second-order valence-electron chi connectivity index (χ2n) is 5.94. The molecule has 1 atom stereocenters. The number of methoxy groups -OCH3 is 1. The van der Waals surface area contributed by atoms with Gasteiger partial charge in [-0.05, 0) is 17.7 Å². The van der Waals surface area contributed by atoms with Crippen LogP contribution in [0.3, 0.4) is 0 Å². The summed E-state index contributed by atoms with van der Waals surface area (Å²) in [7, 11) is 1.51. The molecule has 2 aromatic carbocycles. The summed E-state index contributed by atoms with van der Waals surface area (Å²) in [6.45, 7) is 2.16. The molecule has 1 aliphatic heterocycles. The zero-order valence-corrected chi connectivity index (χ0v) is 14.1. The first-order valence-electron chi connectivity index (χ1n) is 8.20. The molecule has 0 aromatic heterocycles. The topological polar surface area (TPSA) is 53.0 Å². The van der Waals surface area contributed by atoms with Crippen LogP contribution in [0.15, 0.2) is 48.5 Å². The third-order valence-electron chi connectivity index (χ3n) is 4.42. The number of benzene rings is 2. The van der Waals surface area contributed by atoms with Gasteiger partial charge in [0.15, 0.2) is 6.10 Å². The van der Waals surface area contributed by atoms with Crippen molar-refractivity contribution in [1.82, 2.24) is 4.90 Å². The zero-order valence-electron chi connectivity index (χ0n) is 14.1. The number of piperazine rings is 1. The second-order valence-corrected chi connectivity index (χ2v) is 5.94. The molecule has 1 saturated heterocycles. The van der Waals surface area contributed by atoms with Crippen LogP contribution in [-0.2, 0) is 4.79 Å². The fourth-order valence-electron chi connectivity index (χ4n) is 3.03. The number of hydrogen-bond acceptors (Lipinski definition) is 4. The molecule has 1 heterocycles. The number of hydrogen-bond donors (Lipinski definition) is 1. The summed E-state index contributed by atoms with van der Waals surface area (Å²) >= 11 is 0. The highest BCUT2D eigenvalue weighted by molar-refractivity contribution is 5.82. The predicted molar refractivity (Wildman–Crippen MR) is 93.1 cm³/mol. The first kappa shape index (κ1) is 17.2. The van der Waals surface area contributed by atoms with Crippen molar-refractivity contribution in [1.29, 1.82) is 0 Å². The molecular formula is C19H21FN2O3. The maximum absolute atomic E-state index is 13.3. The molecule has 132 valence electrons. The number of rotatable bonds is 4. The molecule has 1 amide bonds. The molecule has 0 bridgehead atoms. The van der Waals surface area contributed by atoms with Crippen LogP contribution >= 0.6 is 0 Å². The van der Waals surface area contributed by atoms with E-state index < -0.39 is 6.10 Å². The average molecular weight is 344 g/mol. The minimum absolute atomic E-state index is 0.295. The maximum Gasteiger partial charge on any atom is 0.256 e. The van der Waals surface area contributed by atoms with Gasteiger partial charge < -0.3 is 19.6 Å². The van der Waals surface area contributed by atoms with E-state index in [0.29, 0.717) is 37.5 Å². The third-order valence-corrected chi connectivity index (χ3v) is 4.42. The van der Waals surface area contributed by atoms with Crippen molar-refractivity contribution in [3.05, 3.63) is 59.9 Å². The number of halogens is 1. The van der Waals surface area contributed by atoms with Crippen molar-refractivity contribution in [2.45, 2.75) is 6.10 Å². The van der Waals surface area contributed by atoms with E-state index in [1.165, 1.54) is 19.2 Å². The lowest BCUT2D eigenvalue weighted by atomic mass is 10.1. The summed E-state index contributed by atoms with van der Waals surface area (Å²) in [5.74, 6) is -0.165. The Balaban J connectivity index is 1.65. The van der Waals surface area contributed by atoms with Crippen LogP contribution in [0.5, 0.6) is 5.75 Å². The van der Waals surface area contributed by atoms with Gasteiger partial charge in [0, 0.05) is 32.2 Å². The van der Waals surface area contributed by atoms with E-state index in [4.69, 9.17) is 4.74 Å². The molecule has 0 spiro atoms. The molecule has 1 aliphatic rings. The first-order chi connectivity index (χ1) is 12.1. The Morgan fingerprint density at radius 3 is 2.44 bits per heavy atom. The van der Waals surface area contributed by atoms with Crippen LogP contribution in [0.25, 0.3) is 0 Å². The Hall–Kier alpha value is -2.60. The molecule has 25 heavy (non-hydrogen) atoms. The normalized spacial score (nSPS) is 15.8. The van der Waals surface area contributed by atoms with Gasteiger partial charge in [-0.3, -0.25) is 4.79 Å². The summed E-state index contributed by atoms with van der Waals surface area (Å²) in [6, 6.07) is 13.3. The number of ether oxygens (including phenoxy) is 1. The quantitative estimate of drug-likeness (QED) is 0.924. The SMILES string of the molecule is COc1cc(F)ccc1N1CCN(C(=O)C(O)c2ccccc2)CC1. The number of amides is 1. The van der Waals surface area contributed by atoms with Crippen LogP contribution in [0, 0.1) is 5.82 Å². The maximum atomic E-state index is 13.3. The van der Waals surface area contributed by atoms with Gasteiger partial charge >= 0.3 is 0 Å². The van der Waals surface area contributed by atoms with Gasteiger partial charge in [0.25, 0.3) is 5.91 Å². The molecule has 0 aliphatic carbocycles. The molecular weight excluding hydrogens is 323 g/mol. The molecule has 0 saturated carbocycles. The molecule has 1 fully saturated rings. The predicted octanol–water partition coefficient (Wildman–Crippen LogP) is 2.22. The number of nitrogens with zero attached hydrogens (tertiary/aromatic N) is 2. The second kappa shape index (κ2) is 7.53. The standard InChI is InChI=1S/C19H21FN2O3/c1-25-17-13-15(20)7-8-16(17)21-9-11-22(12-10-21)19(24)18(23)14-5-3-2-4-6-14/h2-8,13,18,23H,9-12H2,1H3. The van der Waals surface area contributed by atoms with Crippen LogP contribution in [-0.4, -0.2) is 49.2 Å². The van der Waals surface area contributed by atoms with E-state index in [0.717, 1.165) is 5.69 Å². The van der Waals surface area contributed by atoms with Crippen molar-refractivity contribution < 1.29 is 19.0 Å². The number of anilines is 1. The smallest absolute Gasteiger partial charge is 0.256 e. The fourth-order valence-corrected chi connectivity index (χ4v) is 3.03. The summed E-state index contributed by atoms with van der Waals surface area (Å²) in [5, 5.41) is 10.3. The van der Waals surface area contributed by atoms with E-state index in [-0.39, 0.29) is 11.7 Å². The average Bonchev–Trinajstić information content (AvgIpc) is 2.67. The minimum Gasteiger partial charge on any atom is -0.494 e. The van der Waals surface area contributed by atoms with E-state index in [2.05, 4.69) is 4.90 Å². The monoisotopic (exact) mass is 344 g/mol. The van der Waals surface area contributed by atoms with E-state index in [1.807, 2.05) is 6.07 Å². The van der Waals surface area contributed by atoms with Gasteiger partial charge in [0.1, 0.15) is 11.6 Å². The summed E-state index contributed by atoms with van der Waals surface area (Å²) in [4.78, 5) is 16.2. The zero-order chi connectivity index (χ0) is 17.8. The molecule has 0 radical (unpaired) electrons. The summed E-state index contributed by atoms with van der Waals surface area (Å²) < 4.78 is 18.6. The Kier molecular flexibility index (Phi) is 5.19. The molecule has 1 N–H and O–H groups in total. The van der Waals surface area contributed by atoms with E-state index in [1.54, 1.807) is 35.2 Å². The Morgan fingerprint density at radius 2 is 1.80 bits per heavy atom. The van der Waals surface area contributed by atoms with Crippen molar-refractivity contribution in [2.24, 2.45) is 0 Å². The van der Waals surface area contributed by atoms with Gasteiger partial charge in [-0.15, -0.1) is 0 Å². The molecule has 1 unspecified atom stereocenters. The molecule has 6 heteroatoms. The van der Waals surface area contributed by atoms with Gasteiger partial charge in [-0.25, -0.2) is 4.39 Å². The summed E-state index contributed by atoms with van der Waals surface area (Å²) in [5.41, 5.74) is 1.40. The van der Waals surface area contributed by atoms with E-state index in [9.17, 15) is 14.3 Å². The number of aliphatic hydroxyl groups is 1. The highest BCUT2D eigenvalue weighted by Gasteiger charge is 2.28. The Morgan fingerprint density at radius 1 is 1.12 bits per heavy atom. The van der Waals surface area contributed by atoms with Crippen molar-refractivity contribution in [3.8, 4) is 5.75 Å². The number of aliphatic hydroxyl groups excluding tert-OH is 1. The molecule has 2 aromatic rings. The van der Waals surface area contributed by atoms with Crippen molar-refractivity contribution in [2.75, 3.05) is 38.2 Å². The van der Waals surface area contributed by atoms with Crippen LogP contribution in [0.4, 0.5) is 10.1 Å². The third kappa shape index (κ3) is 3.74. The lowest BCUT2D eigenvalue weighted by Gasteiger charge is -2.37. The Labute approximate surface area is 146 Å². The Bertz CT molecular complexity index is 731. The highest BCUT2D eigenvalue weighted by Crippen LogP contribution is 2.30. The molecule has 3 rings (SSSR count). The van der Waals surface area contributed by atoms with Crippen LogP contribution in [0.1, 0.15) is 11.7 Å². The van der Waals surface area contributed by atoms with Gasteiger partial charge in [-0.2, -0.15) is 0 Å².